The van der Waals surface area contributed by atoms with Gasteiger partial charge in [-0.3, -0.25) is 0 Å². The molecule has 2 atom stereocenters. The van der Waals surface area contributed by atoms with Gasteiger partial charge in [-0.1, -0.05) is 24.3 Å². The van der Waals surface area contributed by atoms with E-state index in [1.54, 1.807) is 0 Å². The molecule has 2 aromatic rings. The Morgan fingerprint density at radius 1 is 1.21 bits per heavy atom. The number of aryl methyl sites for hydroxylation is 1. The standard InChI is InChI=1S/C16H18BrNO/c1-18-16(14-8-9-15(17)19-14)13-7-6-11-4-2-3-5-12(11)10-13/h2-5,8-9,13,16,18H,6-7,10H2,1H3. The fraction of sp³-hybridized carbons (Fsp3) is 0.375. The van der Waals surface area contributed by atoms with E-state index in [9.17, 15) is 0 Å². The van der Waals surface area contributed by atoms with Crippen molar-refractivity contribution in [1.82, 2.24) is 5.32 Å². The Bertz CT molecular complexity index is 563. The van der Waals surface area contributed by atoms with Crippen LogP contribution in [0, 0.1) is 5.92 Å². The summed E-state index contributed by atoms with van der Waals surface area (Å²) in [7, 11) is 2.02. The zero-order valence-electron chi connectivity index (χ0n) is 11.0. The molecule has 0 bridgehead atoms. The van der Waals surface area contributed by atoms with E-state index in [4.69, 9.17) is 4.42 Å². The normalized spacial score (nSPS) is 20.0. The first-order valence-corrected chi connectivity index (χ1v) is 7.56. The summed E-state index contributed by atoms with van der Waals surface area (Å²) in [5.41, 5.74) is 3.00. The van der Waals surface area contributed by atoms with Crippen LogP contribution in [0.15, 0.2) is 45.5 Å². The summed E-state index contributed by atoms with van der Waals surface area (Å²) < 4.78 is 6.54. The van der Waals surface area contributed by atoms with Crippen LogP contribution < -0.4 is 5.32 Å². The number of hydrogen-bond acceptors (Lipinski definition) is 2. The van der Waals surface area contributed by atoms with Gasteiger partial charge < -0.3 is 9.73 Å². The van der Waals surface area contributed by atoms with Crippen LogP contribution in [0.1, 0.15) is 29.3 Å². The number of rotatable bonds is 3. The third kappa shape index (κ3) is 2.63. The second-order valence-electron chi connectivity index (χ2n) is 5.18. The Kier molecular flexibility index (Phi) is 3.76. The molecule has 2 unspecified atom stereocenters. The predicted octanol–water partition coefficient (Wildman–Crippen LogP) is 4.11. The van der Waals surface area contributed by atoms with E-state index in [1.807, 2.05) is 13.1 Å². The number of nitrogens with one attached hydrogen (secondary N) is 1. The second kappa shape index (κ2) is 5.51. The quantitative estimate of drug-likeness (QED) is 0.921. The Labute approximate surface area is 122 Å². The summed E-state index contributed by atoms with van der Waals surface area (Å²) in [6.07, 6.45) is 3.50. The lowest BCUT2D eigenvalue weighted by Crippen LogP contribution is -2.29. The van der Waals surface area contributed by atoms with E-state index in [0.29, 0.717) is 12.0 Å². The molecule has 0 fully saturated rings. The summed E-state index contributed by atoms with van der Waals surface area (Å²) >= 11 is 3.38. The summed E-state index contributed by atoms with van der Waals surface area (Å²) in [4.78, 5) is 0. The third-order valence-electron chi connectivity index (χ3n) is 4.07. The second-order valence-corrected chi connectivity index (χ2v) is 5.96. The molecular weight excluding hydrogens is 302 g/mol. The summed E-state index contributed by atoms with van der Waals surface area (Å²) in [6.45, 7) is 0. The maximum Gasteiger partial charge on any atom is 0.169 e. The first-order valence-electron chi connectivity index (χ1n) is 6.77. The van der Waals surface area contributed by atoms with Crippen LogP contribution in [-0.2, 0) is 12.8 Å². The van der Waals surface area contributed by atoms with Crippen LogP contribution in [0.2, 0.25) is 0 Å². The highest BCUT2D eigenvalue weighted by Crippen LogP contribution is 2.35. The van der Waals surface area contributed by atoms with Crippen LogP contribution >= 0.6 is 15.9 Å². The lowest BCUT2D eigenvalue weighted by atomic mass is 9.79. The van der Waals surface area contributed by atoms with Crippen molar-refractivity contribution in [3.63, 3.8) is 0 Å². The topological polar surface area (TPSA) is 25.2 Å². The van der Waals surface area contributed by atoms with E-state index in [1.165, 1.54) is 24.0 Å². The molecule has 0 amide bonds. The zero-order chi connectivity index (χ0) is 13.2. The van der Waals surface area contributed by atoms with Gasteiger partial charge in [-0.25, -0.2) is 0 Å². The van der Waals surface area contributed by atoms with E-state index < -0.39 is 0 Å². The first-order chi connectivity index (χ1) is 9.28. The van der Waals surface area contributed by atoms with Crippen molar-refractivity contribution in [2.45, 2.75) is 25.3 Å². The predicted molar refractivity (Wildman–Crippen MR) is 80.2 cm³/mol. The number of benzene rings is 1. The van der Waals surface area contributed by atoms with Crippen molar-refractivity contribution >= 4 is 15.9 Å². The fourth-order valence-electron chi connectivity index (χ4n) is 3.12. The first kappa shape index (κ1) is 12.9. The third-order valence-corrected chi connectivity index (χ3v) is 4.49. The molecule has 1 N–H and O–H groups in total. The van der Waals surface area contributed by atoms with E-state index in [2.05, 4.69) is 51.6 Å². The van der Waals surface area contributed by atoms with Crippen molar-refractivity contribution in [2.75, 3.05) is 7.05 Å². The molecule has 2 nitrogen and oxygen atoms in total. The fourth-order valence-corrected chi connectivity index (χ4v) is 3.44. The minimum Gasteiger partial charge on any atom is -0.453 e. The largest absolute Gasteiger partial charge is 0.453 e. The average Bonchev–Trinajstić information content (AvgIpc) is 2.86. The van der Waals surface area contributed by atoms with Gasteiger partial charge in [0.15, 0.2) is 4.67 Å². The highest BCUT2D eigenvalue weighted by Gasteiger charge is 2.28. The maximum absolute atomic E-state index is 5.73. The molecule has 0 spiro atoms. The van der Waals surface area contributed by atoms with E-state index in [-0.39, 0.29) is 0 Å². The molecule has 0 radical (unpaired) electrons. The van der Waals surface area contributed by atoms with Crippen LogP contribution in [0.5, 0.6) is 0 Å². The molecule has 1 aliphatic rings. The van der Waals surface area contributed by atoms with Gasteiger partial charge in [0, 0.05) is 0 Å². The van der Waals surface area contributed by atoms with Gasteiger partial charge >= 0.3 is 0 Å². The van der Waals surface area contributed by atoms with E-state index in [0.717, 1.165) is 16.9 Å². The van der Waals surface area contributed by atoms with Crippen LogP contribution in [-0.4, -0.2) is 7.05 Å². The van der Waals surface area contributed by atoms with Gasteiger partial charge in [0.2, 0.25) is 0 Å². The van der Waals surface area contributed by atoms with Gasteiger partial charge in [-0.05, 0) is 71.4 Å². The molecule has 0 aliphatic heterocycles. The molecule has 3 heteroatoms. The van der Waals surface area contributed by atoms with Gasteiger partial charge in [-0.2, -0.15) is 0 Å². The van der Waals surface area contributed by atoms with Gasteiger partial charge in [-0.15, -0.1) is 0 Å². The molecular formula is C16H18BrNO. The summed E-state index contributed by atoms with van der Waals surface area (Å²) in [5.74, 6) is 1.62. The molecule has 1 aliphatic carbocycles. The SMILES string of the molecule is CNC(c1ccc(Br)o1)C1CCc2ccccc2C1. The molecule has 1 aromatic heterocycles. The van der Waals surface area contributed by atoms with Crippen molar-refractivity contribution in [1.29, 1.82) is 0 Å². The van der Waals surface area contributed by atoms with Crippen molar-refractivity contribution in [3.8, 4) is 0 Å². The number of furan rings is 1. The molecule has 3 rings (SSSR count). The minimum atomic E-state index is 0.291. The Morgan fingerprint density at radius 3 is 2.68 bits per heavy atom. The highest BCUT2D eigenvalue weighted by atomic mass is 79.9. The molecule has 1 aromatic carbocycles. The number of fused-ring (bicyclic) bond motifs is 1. The molecule has 100 valence electrons. The molecule has 0 saturated carbocycles. The summed E-state index contributed by atoms with van der Waals surface area (Å²) in [6, 6.07) is 13.1. The zero-order valence-corrected chi connectivity index (χ0v) is 12.6. The van der Waals surface area contributed by atoms with Crippen LogP contribution in [0.3, 0.4) is 0 Å². The monoisotopic (exact) mass is 319 g/mol. The van der Waals surface area contributed by atoms with Gasteiger partial charge in [0.05, 0.1) is 6.04 Å². The Balaban J connectivity index is 1.83. The summed E-state index contributed by atoms with van der Waals surface area (Å²) in [5, 5.41) is 3.42. The van der Waals surface area contributed by atoms with Crippen molar-refractivity contribution < 1.29 is 4.42 Å². The smallest absolute Gasteiger partial charge is 0.169 e. The molecule has 1 heterocycles. The lowest BCUT2D eigenvalue weighted by molar-refractivity contribution is 0.294. The van der Waals surface area contributed by atoms with Crippen molar-refractivity contribution in [2.24, 2.45) is 5.92 Å². The average molecular weight is 320 g/mol. The Morgan fingerprint density at radius 2 is 2.00 bits per heavy atom. The van der Waals surface area contributed by atoms with Crippen molar-refractivity contribution in [3.05, 3.63) is 58.0 Å². The number of halogens is 1. The van der Waals surface area contributed by atoms with Crippen LogP contribution in [0.4, 0.5) is 0 Å². The minimum absolute atomic E-state index is 0.291. The molecule has 0 saturated heterocycles. The number of hydrogen-bond donors (Lipinski definition) is 1. The highest BCUT2D eigenvalue weighted by molar-refractivity contribution is 9.10. The van der Waals surface area contributed by atoms with Gasteiger partial charge in [0.1, 0.15) is 5.76 Å². The lowest BCUT2D eigenvalue weighted by Gasteiger charge is -2.30. The maximum atomic E-state index is 5.73. The van der Waals surface area contributed by atoms with E-state index >= 15 is 0 Å². The Hall–Kier alpha value is -1.06. The van der Waals surface area contributed by atoms with Gasteiger partial charge in [0.25, 0.3) is 0 Å². The van der Waals surface area contributed by atoms with Crippen LogP contribution in [0.25, 0.3) is 0 Å². The molecule has 19 heavy (non-hydrogen) atoms.